The van der Waals surface area contributed by atoms with E-state index in [1.165, 1.54) is 11.8 Å². The van der Waals surface area contributed by atoms with E-state index >= 15 is 0 Å². The molecule has 1 heterocycles. The summed E-state index contributed by atoms with van der Waals surface area (Å²) in [4.78, 5) is 15.3. The van der Waals surface area contributed by atoms with Gasteiger partial charge in [0.05, 0.1) is 27.9 Å². The summed E-state index contributed by atoms with van der Waals surface area (Å²) in [7, 11) is 1.62. The fourth-order valence-corrected chi connectivity index (χ4v) is 5.15. The zero-order valence-corrected chi connectivity index (χ0v) is 19.8. The van der Waals surface area contributed by atoms with E-state index in [-0.39, 0.29) is 5.91 Å². The van der Waals surface area contributed by atoms with Crippen LogP contribution in [-0.2, 0) is 4.79 Å². The molecule has 3 rings (SSSR count). The van der Waals surface area contributed by atoms with Crippen LogP contribution in [0.15, 0.2) is 35.2 Å². The number of aryl methyl sites for hydroxylation is 2. The minimum Gasteiger partial charge on any atom is -0.492 e. The standard InChI is InChI=1S/C21H20INO3S2/c1-5-26-17-10-14(9-15(22)19(17)25-4)11-18-20(24)23(21(27)28-18)16-7-6-12(2)8-13(16)3/h6-11H,5H2,1-4H3/b18-11-. The number of anilines is 1. The minimum absolute atomic E-state index is 0.106. The molecule has 1 aliphatic rings. The number of carbonyl (C=O) groups excluding carboxylic acids is 1. The quantitative estimate of drug-likeness (QED) is 0.284. The first-order chi connectivity index (χ1) is 13.3. The number of benzene rings is 2. The Morgan fingerprint density at radius 2 is 2.00 bits per heavy atom. The van der Waals surface area contributed by atoms with E-state index in [4.69, 9.17) is 21.7 Å². The third kappa shape index (κ3) is 4.21. The summed E-state index contributed by atoms with van der Waals surface area (Å²) in [5, 5.41) is 0. The SMILES string of the molecule is CCOc1cc(/C=C2\SC(=S)N(c3ccc(C)cc3C)C2=O)cc(I)c1OC. The zero-order chi connectivity index (χ0) is 20.4. The number of halogens is 1. The van der Waals surface area contributed by atoms with E-state index in [0.717, 1.165) is 25.9 Å². The van der Waals surface area contributed by atoms with Crippen LogP contribution >= 0.6 is 46.6 Å². The second-order valence-corrected chi connectivity index (χ2v) is 9.11. The molecule has 0 bridgehead atoms. The molecular formula is C21H20INO3S2. The van der Waals surface area contributed by atoms with Crippen molar-refractivity contribution in [2.75, 3.05) is 18.6 Å². The molecule has 146 valence electrons. The van der Waals surface area contributed by atoms with Gasteiger partial charge in [-0.25, -0.2) is 0 Å². The molecule has 0 aromatic heterocycles. The van der Waals surface area contributed by atoms with Gasteiger partial charge < -0.3 is 9.47 Å². The molecule has 0 atom stereocenters. The number of amides is 1. The first-order valence-corrected chi connectivity index (χ1v) is 11.0. The monoisotopic (exact) mass is 525 g/mol. The Kier molecular flexibility index (Phi) is 6.67. The van der Waals surface area contributed by atoms with E-state index in [9.17, 15) is 4.79 Å². The predicted octanol–water partition coefficient (Wildman–Crippen LogP) is 5.72. The van der Waals surface area contributed by atoms with Gasteiger partial charge >= 0.3 is 0 Å². The number of ether oxygens (including phenoxy) is 2. The fourth-order valence-electron chi connectivity index (χ4n) is 3.02. The van der Waals surface area contributed by atoms with Crippen molar-refractivity contribution in [1.29, 1.82) is 0 Å². The maximum absolute atomic E-state index is 13.1. The molecule has 2 aromatic carbocycles. The highest BCUT2D eigenvalue weighted by Crippen LogP contribution is 2.39. The van der Waals surface area contributed by atoms with Crippen molar-refractivity contribution >= 4 is 68.6 Å². The molecule has 1 fully saturated rings. The number of hydrogen-bond donors (Lipinski definition) is 0. The van der Waals surface area contributed by atoms with E-state index in [0.29, 0.717) is 27.3 Å². The van der Waals surface area contributed by atoms with Gasteiger partial charge in [0, 0.05) is 0 Å². The van der Waals surface area contributed by atoms with E-state index in [1.54, 1.807) is 12.0 Å². The highest BCUT2D eigenvalue weighted by Gasteiger charge is 2.34. The number of thioether (sulfide) groups is 1. The first-order valence-electron chi connectivity index (χ1n) is 8.71. The Morgan fingerprint density at radius 1 is 1.25 bits per heavy atom. The van der Waals surface area contributed by atoms with Crippen LogP contribution in [-0.4, -0.2) is 23.9 Å². The summed E-state index contributed by atoms with van der Waals surface area (Å²) in [5.41, 5.74) is 3.87. The molecule has 4 nitrogen and oxygen atoms in total. The lowest BCUT2D eigenvalue weighted by Crippen LogP contribution is -2.28. The van der Waals surface area contributed by atoms with Crippen molar-refractivity contribution in [2.45, 2.75) is 20.8 Å². The Morgan fingerprint density at radius 3 is 2.64 bits per heavy atom. The molecule has 0 saturated carbocycles. The van der Waals surface area contributed by atoms with Crippen LogP contribution in [0.5, 0.6) is 11.5 Å². The predicted molar refractivity (Wildman–Crippen MR) is 128 cm³/mol. The molecule has 1 amide bonds. The smallest absolute Gasteiger partial charge is 0.270 e. The molecule has 28 heavy (non-hydrogen) atoms. The maximum atomic E-state index is 13.1. The van der Waals surface area contributed by atoms with Gasteiger partial charge in [-0.15, -0.1) is 0 Å². The van der Waals surface area contributed by atoms with Crippen molar-refractivity contribution in [1.82, 2.24) is 0 Å². The maximum Gasteiger partial charge on any atom is 0.270 e. The van der Waals surface area contributed by atoms with Crippen LogP contribution in [0.3, 0.4) is 0 Å². The van der Waals surface area contributed by atoms with E-state index < -0.39 is 0 Å². The summed E-state index contributed by atoms with van der Waals surface area (Å²) in [6.07, 6.45) is 1.85. The first kappa shape index (κ1) is 21.1. The normalized spacial score (nSPS) is 15.5. The molecule has 1 aliphatic heterocycles. The van der Waals surface area contributed by atoms with Crippen LogP contribution in [0, 0.1) is 17.4 Å². The number of nitrogens with zero attached hydrogens (tertiary/aromatic N) is 1. The van der Waals surface area contributed by atoms with Crippen molar-refractivity contribution in [2.24, 2.45) is 0 Å². The van der Waals surface area contributed by atoms with Crippen LogP contribution in [0.4, 0.5) is 5.69 Å². The third-order valence-corrected chi connectivity index (χ3v) is 6.32. The van der Waals surface area contributed by atoms with Gasteiger partial charge in [0.15, 0.2) is 15.8 Å². The largest absolute Gasteiger partial charge is 0.492 e. The summed E-state index contributed by atoms with van der Waals surface area (Å²) in [6, 6.07) is 9.84. The Balaban J connectivity index is 1.98. The van der Waals surface area contributed by atoms with Crippen LogP contribution in [0.25, 0.3) is 6.08 Å². The van der Waals surface area contributed by atoms with E-state index in [2.05, 4.69) is 28.7 Å². The second kappa shape index (κ2) is 8.84. The molecule has 2 aromatic rings. The molecule has 0 aliphatic carbocycles. The van der Waals surface area contributed by atoms with Gasteiger partial charge in [-0.05, 0) is 78.8 Å². The number of methoxy groups -OCH3 is 1. The number of thiocarbonyl (C=S) groups is 1. The van der Waals surface area contributed by atoms with Crippen molar-refractivity contribution < 1.29 is 14.3 Å². The number of rotatable bonds is 5. The zero-order valence-electron chi connectivity index (χ0n) is 16.0. The van der Waals surface area contributed by atoms with Gasteiger partial charge in [-0.2, -0.15) is 0 Å². The van der Waals surface area contributed by atoms with Gasteiger partial charge in [0.2, 0.25) is 0 Å². The molecule has 0 radical (unpaired) electrons. The number of hydrogen-bond acceptors (Lipinski definition) is 5. The lowest BCUT2D eigenvalue weighted by molar-refractivity contribution is -0.113. The Labute approximate surface area is 188 Å². The summed E-state index contributed by atoms with van der Waals surface area (Å²) < 4.78 is 12.6. The average molecular weight is 525 g/mol. The lowest BCUT2D eigenvalue weighted by Gasteiger charge is -2.17. The van der Waals surface area contributed by atoms with Gasteiger partial charge in [-0.1, -0.05) is 41.7 Å². The highest BCUT2D eigenvalue weighted by atomic mass is 127. The second-order valence-electron chi connectivity index (χ2n) is 6.27. The molecular weight excluding hydrogens is 505 g/mol. The molecule has 0 spiro atoms. The topological polar surface area (TPSA) is 38.8 Å². The Hall–Kier alpha value is -1.58. The number of carbonyl (C=O) groups is 1. The third-order valence-electron chi connectivity index (χ3n) is 4.22. The van der Waals surface area contributed by atoms with E-state index in [1.807, 2.05) is 51.1 Å². The minimum atomic E-state index is -0.106. The van der Waals surface area contributed by atoms with Crippen molar-refractivity contribution in [3.63, 3.8) is 0 Å². The highest BCUT2D eigenvalue weighted by molar-refractivity contribution is 14.1. The van der Waals surface area contributed by atoms with Crippen LogP contribution in [0.1, 0.15) is 23.6 Å². The summed E-state index contributed by atoms with van der Waals surface area (Å²) in [5.74, 6) is 1.25. The van der Waals surface area contributed by atoms with Crippen molar-refractivity contribution in [3.8, 4) is 11.5 Å². The molecule has 0 N–H and O–H groups in total. The van der Waals surface area contributed by atoms with Gasteiger partial charge in [0.25, 0.3) is 5.91 Å². The Bertz CT molecular complexity index is 988. The average Bonchev–Trinajstić information content (AvgIpc) is 2.89. The van der Waals surface area contributed by atoms with Crippen molar-refractivity contribution in [3.05, 3.63) is 55.5 Å². The van der Waals surface area contributed by atoms with Gasteiger partial charge in [0.1, 0.15) is 0 Å². The molecule has 1 saturated heterocycles. The summed E-state index contributed by atoms with van der Waals surface area (Å²) >= 11 is 9.02. The molecule has 7 heteroatoms. The fraction of sp³-hybridized carbons (Fsp3) is 0.238. The van der Waals surface area contributed by atoms with Gasteiger partial charge in [-0.3, -0.25) is 9.69 Å². The van der Waals surface area contributed by atoms with Crippen LogP contribution < -0.4 is 14.4 Å². The van der Waals surface area contributed by atoms with Crippen LogP contribution in [0.2, 0.25) is 0 Å². The summed E-state index contributed by atoms with van der Waals surface area (Å²) in [6.45, 7) is 6.48. The lowest BCUT2D eigenvalue weighted by atomic mass is 10.1. The molecule has 0 unspecified atom stereocenters.